The Labute approximate surface area is 77.2 Å². The molecular weight excluding hydrogens is 203 g/mol. The van der Waals surface area contributed by atoms with Crippen LogP contribution in [0.2, 0.25) is 0 Å². The summed E-state index contributed by atoms with van der Waals surface area (Å²) in [5, 5.41) is -1.61. The van der Waals surface area contributed by atoms with Crippen LogP contribution in [0.4, 0.5) is 13.4 Å². The van der Waals surface area contributed by atoms with Crippen molar-refractivity contribution in [2.24, 2.45) is 0 Å². The highest BCUT2D eigenvalue weighted by molar-refractivity contribution is 7.80. The van der Waals surface area contributed by atoms with Crippen LogP contribution in [-0.2, 0) is 0 Å². The average Bonchev–Trinajstić information content (AvgIpc) is 2.01. The first kappa shape index (κ1) is 9.91. The topological polar surface area (TPSA) is 20.3 Å². The molecule has 1 aromatic rings. The van der Waals surface area contributed by atoms with Crippen molar-refractivity contribution in [3.63, 3.8) is 0 Å². The number of benzene rings is 1. The molecular formula is C7H4F3NOS. The van der Waals surface area contributed by atoms with E-state index in [1.54, 1.807) is 0 Å². The molecule has 0 heterocycles. The second-order valence-electron chi connectivity index (χ2n) is 2.24. The first-order valence-electron chi connectivity index (χ1n) is 3.16. The second-order valence-corrected chi connectivity index (χ2v) is 2.75. The highest BCUT2D eigenvalue weighted by Crippen LogP contribution is 2.14. The lowest BCUT2D eigenvalue weighted by atomic mass is 10.2. The molecule has 0 radical (unpaired) electrons. The van der Waals surface area contributed by atoms with Gasteiger partial charge in [-0.15, -0.1) is 12.6 Å². The zero-order chi connectivity index (χ0) is 10.0. The maximum Gasteiger partial charge on any atom is 0.314 e. The van der Waals surface area contributed by atoms with Crippen molar-refractivity contribution in [2.45, 2.75) is 4.90 Å². The minimum absolute atomic E-state index is 0.116. The SMILES string of the molecule is O=C(c1cc(F)cc(S)c1)N(F)F. The Morgan fingerprint density at radius 3 is 2.38 bits per heavy atom. The number of halogens is 3. The molecule has 0 unspecified atom stereocenters. The van der Waals surface area contributed by atoms with Crippen LogP contribution in [0.15, 0.2) is 23.1 Å². The Kier molecular flexibility index (Phi) is 2.82. The van der Waals surface area contributed by atoms with E-state index in [0.29, 0.717) is 6.07 Å². The van der Waals surface area contributed by atoms with Crippen LogP contribution in [0, 0.1) is 5.82 Å². The predicted octanol–water partition coefficient (Wildman–Crippen LogP) is 2.33. The van der Waals surface area contributed by atoms with Gasteiger partial charge in [0.05, 0.1) is 0 Å². The molecule has 6 heteroatoms. The van der Waals surface area contributed by atoms with Gasteiger partial charge in [-0.05, 0) is 18.2 Å². The molecule has 0 aromatic heterocycles. The van der Waals surface area contributed by atoms with E-state index in [1.807, 2.05) is 0 Å². The van der Waals surface area contributed by atoms with Crippen LogP contribution in [0.5, 0.6) is 0 Å². The van der Waals surface area contributed by atoms with Gasteiger partial charge in [-0.3, -0.25) is 4.79 Å². The van der Waals surface area contributed by atoms with Crippen molar-refractivity contribution in [3.05, 3.63) is 29.6 Å². The fourth-order valence-electron chi connectivity index (χ4n) is 0.795. The van der Waals surface area contributed by atoms with Gasteiger partial charge in [0.15, 0.2) is 0 Å². The zero-order valence-electron chi connectivity index (χ0n) is 6.17. The highest BCUT2D eigenvalue weighted by Gasteiger charge is 2.15. The first-order chi connectivity index (χ1) is 6.00. The monoisotopic (exact) mass is 207 g/mol. The fraction of sp³-hybridized carbons (Fsp3) is 0. The molecule has 0 saturated heterocycles. The molecule has 0 bridgehead atoms. The molecule has 0 saturated carbocycles. The Bertz CT molecular complexity index is 322. The third-order valence-corrected chi connectivity index (χ3v) is 1.54. The van der Waals surface area contributed by atoms with E-state index in [1.165, 1.54) is 0 Å². The summed E-state index contributed by atoms with van der Waals surface area (Å²) in [6, 6.07) is 2.79. The van der Waals surface area contributed by atoms with Crippen molar-refractivity contribution < 1.29 is 18.1 Å². The molecule has 1 aromatic carbocycles. The minimum atomic E-state index is -1.61. The second kappa shape index (κ2) is 3.69. The summed E-state index contributed by atoms with van der Waals surface area (Å²) >= 11 is 3.73. The third-order valence-electron chi connectivity index (χ3n) is 1.28. The van der Waals surface area contributed by atoms with Crippen LogP contribution in [0.25, 0.3) is 0 Å². The maximum absolute atomic E-state index is 12.6. The molecule has 13 heavy (non-hydrogen) atoms. The summed E-state index contributed by atoms with van der Waals surface area (Å²) in [6.45, 7) is 0. The molecule has 2 nitrogen and oxygen atoms in total. The Morgan fingerprint density at radius 1 is 1.31 bits per heavy atom. The van der Waals surface area contributed by atoms with E-state index < -0.39 is 22.6 Å². The van der Waals surface area contributed by atoms with E-state index in [-0.39, 0.29) is 4.90 Å². The van der Waals surface area contributed by atoms with Gasteiger partial charge in [0.25, 0.3) is 0 Å². The zero-order valence-corrected chi connectivity index (χ0v) is 7.06. The van der Waals surface area contributed by atoms with Crippen LogP contribution < -0.4 is 0 Å². The Hall–Kier alpha value is -1.17. The summed E-state index contributed by atoms with van der Waals surface area (Å²) in [5.74, 6) is -2.34. The molecule has 0 aliphatic carbocycles. The third kappa shape index (κ3) is 2.38. The summed E-state index contributed by atoms with van der Waals surface area (Å²) in [5.41, 5.74) is -0.435. The van der Waals surface area contributed by atoms with E-state index in [2.05, 4.69) is 12.6 Å². The number of hydrogen-bond donors (Lipinski definition) is 1. The van der Waals surface area contributed by atoms with Crippen molar-refractivity contribution in [3.8, 4) is 0 Å². The van der Waals surface area contributed by atoms with E-state index in [0.717, 1.165) is 12.1 Å². The molecule has 0 atom stereocenters. The summed E-state index contributed by atoms with van der Waals surface area (Å²) in [6.07, 6.45) is 0. The fourth-order valence-corrected chi connectivity index (χ4v) is 1.06. The van der Waals surface area contributed by atoms with Crippen LogP contribution >= 0.6 is 12.6 Å². The minimum Gasteiger partial charge on any atom is -0.263 e. The van der Waals surface area contributed by atoms with Crippen LogP contribution in [0.1, 0.15) is 10.4 Å². The number of amides is 1. The molecule has 0 aliphatic heterocycles. The molecule has 0 fully saturated rings. The molecule has 0 aliphatic rings. The smallest absolute Gasteiger partial charge is 0.263 e. The number of carbonyl (C=O) groups is 1. The normalized spacial score (nSPS) is 9.85. The lowest BCUT2D eigenvalue weighted by molar-refractivity contribution is -0.108. The summed E-state index contributed by atoms with van der Waals surface area (Å²) < 4.78 is 36.0. The molecule has 0 spiro atoms. The lowest BCUT2D eigenvalue weighted by Gasteiger charge is -2.01. The van der Waals surface area contributed by atoms with E-state index in [4.69, 9.17) is 0 Å². The summed E-state index contributed by atoms with van der Waals surface area (Å²) in [7, 11) is 0. The van der Waals surface area contributed by atoms with Crippen molar-refractivity contribution in [2.75, 3.05) is 0 Å². The van der Waals surface area contributed by atoms with Gasteiger partial charge in [-0.2, -0.15) is 0 Å². The predicted molar refractivity (Wildman–Crippen MR) is 42.0 cm³/mol. The van der Waals surface area contributed by atoms with Crippen molar-refractivity contribution in [1.29, 1.82) is 0 Å². The lowest BCUT2D eigenvalue weighted by Crippen LogP contribution is -2.13. The number of rotatable bonds is 1. The van der Waals surface area contributed by atoms with Crippen LogP contribution in [0.3, 0.4) is 0 Å². The largest absolute Gasteiger partial charge is 0.314 e. The van der Waals surface area contributed by atoms with Gasteiger partial charge in [0.1, 0.15) is 5.82 Å². The van der Waals surface area contributed by atoms with Gasteiger partial charge in [-0.1, -0.05) is 8.96 Å². The van der Waals surface area contributed by atoms with E-state index in [9.17, 15) is 18.1 Å². The van der Waals surface area contributed by atoms with Gasteiger partial charge >= 0.3 is 5.91 Å². The number of nitrogens with zero attached hydrogens (tertiary/aromatic N) is 1. The standard InChI is InChI=1S/C7H4F3NOS/c8-5-1-4(2-6(13)3-5)7(12)11(9)10/h1-3,13H. The van der Waals surface area contributed by atoms with Gasteiger partial charge in [0.2, 0.25) is 0 Å². The maximum atomic E-state index is 12.6. The molecule has 1 rings (SSSR count). The van der Waals surface area contributed by atoms with Gasteiger partial charge < -0.3 is 0 Å². The number of thiol groups is 1. The Morgan fingerprint density at radius 2 is 1.92 bits per heavy atom. The quantitative estimate of drug-likeness (QED) is 0.553. The molecule has 70 valence electrons. The van der Waals surface area contributed by atoms with Crippen molar-refractivity contribution >= 4 is 18.5 Å². The van der Waals surface area contributed by atoms with E-state index >= 15 is 0 Å². The summed E-state index contributed by atoms with van der Waals surface area (Å²) in [4.78, 5) is 10.7. The number of hydrogen-bond acceptors (Lipinski definition) is 2. The van der Waals surface area contributed by atoms with Crippen molar-refractivity contribution in [1.82, 2.24) is 5.34 Å². The first-order valence-corrected chi connectivity index (χ1v) is 3.61. The highest BCUT2D eigenvalue weighted by atomic mass is 32.1. The van der Waals surface area contributed by atoms with Crippen LogP contribution in [-0.4, -0.2) is 11.3 Å². The van der Waals surface area contributed by atoms with Gasteiger partial charge in [-0.25, -0.2) is 4.39 Å². The average molecular weight is 207 g/mol. The molecule has 1 amide bonds. The Balaban J connectivity index is 3.08. The number of carbonyl (C=O) groups excluding carboxylic acids is 1. The van der Waals surface area contributed by atoms with Gasteiger partial charge in [0, 0.05) is 15.8 Å². The molecule has 0 N–H and O–H groups in total.